The van der Waals surface area contributed by atoms with E-state index in [4.69, 9.17) is 16.3 Å². The van der Waals surface area contributed by atoms with Gasteiger partial charge in [-0.2, -0.15) is 0 Å². The number of carbonyl (C=O) groups excluding carboxylic acids is 2. The molecule has 0 saturated carbocycles. The Bertz CT molecular complexity index is 1440. The van der Waals surface area contributed by atoms with Crippen LogP contribution in [0.5, 0.6) is 5.75 Å². The lowest BCUT2D eigenvalue weighted by atomic mass is 10.1. The fourth-order valence-electron chi connectivity index (χ4n) is 4.02. The second kappa shape index (κ2) is 13.2. The molecule has 0 saturated heterocycles. The van der Waals surface area contributed by atoms with Crippen LogP contribution in [0.1, 0.15) is 37.5 Å². The maximum absolute atomic E-state index is 14.0. The molecule has 1 unspecified atom stereocenters. The van der Waals surface area contributed by atoms with Crippen molar-refractivity contribution in [1.29, 1.82) is 0 Å². The Kier molecular flexibility index (Phi) is 10.2. The summed E-state index contributed by atoms with van der Waals surface area (Å²) in [6.07, 6.45) is 0. The number of amides is 2. The average Bonchev–Trinajstić information content (AvgIpc) is 2.91. The molecule has 1 N–H and O–H groups in total. The Morgan fingerprint density at radius 1 is 0.950 bits per heavy atom. The number of aryl methyl sites for hydroxylation is 2. The van der Waals surface area contributed by atoms with E-state index in [1.165, 1.54) is 23.1 Å². The van der Waals surface area contributed by atoms with Crippen molar-refractivity contribution in [2.24, 2.45) is 0 Å². The minimum Gasteiger partial charge on any atom is -0.497 e. The first-order valence-electron chi connectivity index (χ1n) is 12.9. The zero-order valence-electron chi connectivity index (χ0n) is 23.6. The number of anilines is 1. The van der Waals surface area contributed by atoms with Crippen molar-refractivity contribution >= 4 is 39.1 Å². The molecule has 214 valence electrons. The first kappa shape index (κ1) is 31.0. The van der Waals surface area contributed by atoms with Crippen LogP contribution in [0, 0.1) is 13.8 Å². The number of hydrogen-bond donors (Lipinski definition) is 1. The van der Waals surface area contributed by atoms with E-state index in [1.54, 1.807) is 62.6 Å². The molecule has 0 bridgehead atoms. The third kappa shape index (κ3) is 7.55. The van der Waals surface area contributed by atoms with Gasteiger partial charge in [-0.3, -0.25) is 13.9 Å². The molecule has 3 rings (SSSR count). The third-order valence-electron chi connectivity index (χ3n) is 6.44. The summed E-state index contributed by atoms with van der Waals surface area (Å²) in [6.45, 7) is 8.50. The van der Waals surface area contributed by atoms with E-state index in [0.717, 1.165) is 21.0 Å². The molecule has 40 heavy (non-hydrogen) atoms. The van der Waals surface area contributed by atoms with Crippen LogP contribution < -0.4 is 14.4 Å². The van der Waals surface area contributed by atoms with Gasteiger partial charge >= 0.3 is 0 Å². The fourth-order valence-corrected chi connectivity index (χ4v) is 5.60. The first-order valence-corrected chi connectivity index (χ1v) is 14.7. The normalized spacial score (nSPS) is 12.1. The lowest BCUT2D eigenvalue weighted by Crippen LogP contribution is -2.52. The third-order valence-corrected chi connectivity index (χ3v) is 8.64. The van der Waals surface area contributed by atoms with Crippen LogP contribution in [-0.4, -0.2) is 50.9 Å². The van der Waals surface area contributed by atoms with Gasteiger partial charge in [0.05, 0.1) is 17.7 Å². The van der Waals surface area contributed by atoms with E-state index in [0.29, 0.717) is 10.8 Å². The molecule has 3 aromatic carbocycles. The van der Waals surface area contributed by atoms with Crippen molar-refractivity contribution in [1.82, 2.24) is 10.2 Å². The predicted octanol–water partition coefficient (Wildman–Crippen LogP) is 5.10. The number of nitrogens with zero attached hydrogens (tertiary/aromatic N) is 2. The molecule has 0 fully saturated rings. The number of sulfonamides is 1. The average molecular weight is 586 g/mol. The summed E-state index contributed by atoms with van der Waals surface area (Å²) in [7, 11) is -2.61. The highest BCUT2D eigenvalue weighted by Crippen LogP contribution is 2.29. The summed E-state index contributed by atoms with van der Waals surface area (Å²) in [5.41, 5.74) is 2.66. The standard InChI is InChI=1S/C30H36ClN3O5S/c1-20(2)32-30(36)23(5)33(18-24-10-13-26(39-6)14-11-24)29(35)19-34(25-12-9-22(4)28(31)17-25)40(37,38)27-15-7-21(3)8-16-27/h7-17,20,23H,18-19H2,1-6H3,(H,32,36). The summed E-state index contributed by atoms with van der Waals surface area (Å²) in [6, 6.07) is 17.4. The summed E-state index contributed by atoms with van der Waals surface area (Å²) in [4.78, 5) is 28.4. The van der Waals surface area contributed by atoms with E-state index < -0.39 is 28.5 Å². The smallest absolute Gasteiger partial charge is 0.264 e. The van der Waals surface area contributed by atoms with Crippen molar-refractivity contribution in [2.75, 3.05) is 18.0 Å². The molecule has 0 aliphatic carbocycles. The minimum atomic E-state index is -4.17. The van der Waals surface area contributed by atoms with Gasteiger partial charge in [-0.25, -0.2) is 8.42 Å². The van der Waals surface area contributed by atoms with Crippen molar-refractivity contribution in [3.63, 3.8) is 0 Å². The second-order valence-corrected chi connectivity index (χ2v) is 12.2. The van der Waals surface area contributed by atoms with Gasteiger partial charge in [0.25, 0.3) is 10.0 Å². The predicted molar refractivity (Wildman–Crippen MR) is 158 cm³/mol. The van der Waals surface area contributed by atoms with E-state index in [9.17, 15) is 18.0 Å². The summed E-state index contributed by atoms with van der Waals surface area (Å²) in [5.74, 6) is -0.239. The van der Waals surface area contributed by atoms with Crippen molar-refractivity contribution in [3.8, 4) is 5.75 Å². The van der Waals surface area contributed by atoms with Crippen LogP contribution in [0.4, 0.5) is 5.69 Å². The largest absolute Gasteiger partial charge is 0.497 e. The Morgan fingerprint density at radius 2 is 1.57 bits per heavy atom. The van der Waals surface area contributed by atoms with Gasteiger partial charge in [0, 0.05) is 17.6 Å². The van der Waals surface area contributed by atoms with Crippen LogP contribution in [0.3, 0.4) is 0 Å². The van der Waals surface area contributed by atoms with Gasteiger partial charge in [0.15, 0.2) is 0 Å². The number of halogens is 1. The topological polar surface area (TPSA) is 96.0 Å². The quantitative estimate of drug-likeness (QED) is 0.338. The molecule has 0 spiro atoms. The highest BCUT2D eigenvalue weighted by molar-refractivity contribution is 7.92. The maximum atomic E-state index is 14.0. The second-order valence-electron chi connectivity index (χ2n) is 9.97. The Morgan fingerprint density at radius 3 is 2.12 bits per heavy atom. The molecule has 0 aliphatic rings. The molecule has 0 aliphatic heterocycles. The van der Waals surface area contributed by atoms with E-state index >= 15 is 0 Å². The zero-order chi connectivity index (χ0) is 29.6. The molecule has 0 aromatic heterocycles. The van der Waals surface area contributed by atoms with Crippen LogP contribution >= 0.6 is 11.6 Å². The van der Waals surface area contributed by atoms with E-state index in [-0.39, 0.29) is 29.1 Å². The van der Waals surface area contributed by atoms with Gasteiger partial charge < -0.3 is 15.0 Å². The van der Waals surface area contributed by atoms with E-state index in [2.05, 4.69) is 5.32 Å². The molecular weight excluding hydrogens is 550 g/mol. The molecule has 0 heterocycles. The van der Waals surface area contributed by atoms with Gasteiger partial charge in [0.1, 0.15) is 18.3 Å². The zero-order valence-corrected chi connectivity index (χ0v) is 25.2. The SMILES string of the molecule is COc1ccc(CN(C(=O)CN(c2ccc(C)c(Cl)c2)S(=O)(=O)c2ccc(C)cc2)C(C)C(=O)NC(C)C)cc1. The number of carbonyl (C=O) groups is 2. The molecule has 3 aromatic rings. The molecule has 0 radical (unpaired) electrons. The number of benzene rings is 3. The number of methoxy groups -OCH3 is 1. The van der Waals surface area contributed by atoms with Gasteiger partial charge in [-0.1, -0.05) is 47.5 Å². The van der Waals surface area contributed by atoms with Crippen LogP contribution in [0.25, 0.3) is 0 Å². The van der Waals surface area contributed by atoms with E-state index in [1.807, 2.05) is 27.7 Å². The highest BCUT2D eigenvalue weighted by Gasteiger charge is 2.33. The number of ether oxygens (including phenoxy) is 1. The van der Waals surface area contributed by atoms with Crippen molar-refractivity contribution in [3.05, 3.63) is 88.4 Å². The van der Waals surface area contributed by atoms with Gasteiger partial charge in [0.2, 0.25) is 11.8 Å². The Balaban J connectivity index is 2.05. The number of hydrogen-bond acceptors (Lipinski definition) is 5. The Hall–Kier alpha value is -3.56. The lowest BCUT2D eigenvalue weighted by molar-refractivity contribution is -0.139. The number of rotatable bonds is 11. The van der Waals surface area contributed by atoms with Crippen molar-refractivity contribution < 1.29 is 22.7 Å². The van der Waals surface area contributed by atoms with Crippen LogP contribution in [0.15, 0.2) is 71.6 Å². The fraction of sp³-hybridized carbons (Fsp3) is 0.333. The summed E-state index contributed by atoms with van der Waals surface area (Å²) < 4.78 is 34.1. The molecular formula is C30H36ClN3O5S. The highest BCUT2D eigenvalue weighted by atomic mass is 35.5. The molecule has 2 amide bonds. The number of nitrogens with one attached hydrogen (secondary N) is 1. The minimum absolute atomic E-state index is 0.0369. The monoisotopic (exact) mass is 585 g/mol. The van der Waals surface area contributed by atoms with Gasteiger partial charge in [-0.15, -0.1) is 0 Å². The molecule has 8 nitrogen and oxygen atoms in total. The maximum Gasteiger partial charge on any atom is 0.264 e. The lowest BCUT2D eigenvalue weighted by Gasteiger charge is -2.32. The summed E-state index contributed by atoms with van der Waals surface area (Å²) >= 11 is 6.37. The van der Waals surface area contributed by atoms with Crippen LogP contribution in [0.2, 0.25) is 5.02 Å². The Labute approximate surface area is 241 Å². The molecule has 10 heteroatoms. The first-order chi connectivity index (χ1) is 18.8. The molecule has 1 atom stereocenters. The summed E-state index contributed by atoms with van der Waals surface area (Å²) in [5, 5.41) is 3.21. The van der Waals surface area contributed by atoms with Crippen molar-refractivity contribution in [2.45, 2.75) is 58.1 Å². The van der Waals surface area contributed by atoms with Gasteiger partial charge in [-0.05, 0) is 82.1 Å². The van der Waals surface area contributed by atoms with Crippen LogP contribution in [-0.2, 0) is 26.2 Å².